The van der Waals surface area contributed by atoms with E-state index < -0.39 is 0 Å². The maximum Gasteiger partial charge on any atom is 0.146 e. The number of likely N-dealkylation sites (tertiary alicyclic amines) is 1. The van der Waals surface area contributed by atoms with Gasteiger partial charge in [0.25, 0.3) is 0 Å². The van der Waals surface area contributed by atoms with Crippen molar-refractivity contribution in [3.8, 4) is 0 Å². The number of rotatable bonds is 2. The van der Waals surface area contributed by atoms with Gasteiger partial charge in [-0.15, -0.1) is 0 Å². The number of piperidine rings is 1. The molecule has 14 heavy (non-hydrogen) atoms. The van der Waals surface area contributed by atoms with Crippen LogP contribution in [0.1, 0.15) is 46.0 Å². The molecule has 1 aliphatic carbocycles. The highest BCUT2D eigenvalue weighted by Gasteiger charge is 2.40. The van der Waals surface area contributed by atoms with Crippen LogP contribution < -0.4 is 0 Å². The lowest BCUT2D eigenvalue weighted by atomic mass is 9.63. The summed E-state index contributed by atoms with van der Waals surface area (Å²) in [5.74, 6) is 0.314. The number of nitrogens with zero attached hydrogens (tertiary/aromatic N) is 1. The van der Waals surface area contributed by atoms with Crippen LogP contribution in [0, 0.1) is 5.41 Å². The van der Waals surface area contributed by atoms with Gasteiger partial charge in [-0.1, -0.05) is 6.42 Å². The molecule has 1 spiro atoms. The molecule has 2 rings (SSSR count). The molecule has 0 aromatic rings. The van der Waals surface area contributed by atoms with Crippen LogP contribution in [-0.2, 0) is 4.79 Å². The molecular formula is C12H21NO. The van der Waals surface area contributed by atoms with E-state index in [0.717, 1.165) is 13.1 Å². The fourth-order valence-corrected chi connectivity index (χ4v) is 2.82. The Morgan fingerprint density at radius 3 is 2.14 bits per heavy atom. The smallest absolute Gasteiger partial charge is 0.146 e. The molecular weight excluding hydrogens is 174 g/mol. The van der Waals surface area contributed by atoms with Gasteiger partial charge in [0.2, 0.25) is 0 Å². The lowest BCUT2D eigenvalue weighted by Gasteiger charge is -2.49. The van der Waals surface area contributed by atoms with E-state index in [9.17, 15) is 4.79 Å². The molecule has 1 atom stereocenters. The standard InChI is InChI=1S/C12H21NO/c1-10(11(2)14)13-8-6-12(7-9-13)4-3-5-12/h10H,3-9H2,1-2H3. The molecule has 1 aliphatic heterocycles. The highest BCUT2D eigenvalue weighted by molar-refractivity contribution is 5.80. The van der Waals surface area contributed by atoms with Crippen molar-refractivity contribution in [2.24, 2.45) is 5.41 Å². The zero-order chi connectivity index (χ0) is 10.2. The van der Waals surface area contributed by atoms with Crippen LogP contribution in [-0.4, -0.2) is 29.8 Å². The third-order valence-electron chi connectivity index (χ3n) is 4.41. The van der Waals surface area contributed by atoms with Gasteiger partial charge in [-0.05, 0) is 58.0 Å². The fraction of sp³-hybridized carbons (Fsp3) is 0.917. The van der Waals surface area contributed by atoms with E-state index in [1.54, 1.807) is 6.92 Å². The Bertz CT molecular complexity index is 222. The highest BCUT2D eigenvalue weighted by Crippen LogP contribution is 2.48. The van der Waals surface area contributed by atoms with Crippen molar-refractivity contribution in [2.75, 3.05) is 13.1 Å². The Labute approximate surface area is 86.7 Å². The Hall–Kier alpha value is -0.370. The first kappa shape index (κ1) is 10.2. The minimum atomic E-state index is 0.146. The first-order valence-corrected chi connectivity index (χ1v) is 5.88. The van der Waals surface area contributed by atoms with Gasteiger partial charge in [-0.2, -0.15) is 0 Å². The van der Waals surface area contributed by atoms with Crippen molar-refractivity contribution in [1.82, 2.24) is 4.90 Å². The summed E-state index contributed by atoms with van der Waals surface area (Å²) in [6, 6.07) is 0.146. The van der Waals surface area contributed by atoms with Crippen LogP contribution in [0.4, 0.5) is 0 Å². The summed E-state index contributed by atoms with van der Waals surface area (Å²) in [4.78, 5) is 13.6. The van der Waals surface area contributed by atoms with Crippen LogP contribution in [0.15, 0.2) is 0 Å². The molecule has 0 bridgehead atoms. The summed E-state index contributed by atoms with van der Waals surface area (Å²) >= 11 is 0. The molecule has 0 N–H and O–H groups in total. The van der Waals surface area contributed by atoms with Crippen LogP contribution >= 0.6 is 0 Å². The summed E-state index contributed by atoms with van der Waals surface area (Å²) in [7, 11) is 0. The minimum absolute atomic E-state index is 0.146. The minimum Gasteiger partial charge on any atom is -0.298 e. The second kappa shape index (κ2) is 3.65. The number of carbonyl (C=O) groups excluding carboxylic acids is 1. The van der Waals surface area contributed by atoms with Crippen LogP contribution in [0.2, 0.25) is 0 Å². The summed E-state index contributed by atoms with van der Waals surface area (Å²) in [6.07, 6.45) is 6.96. The molecule has 0 radical (unpaired) electrons. The predicted octanol–water partition coefficient (Wildman–Crippen LogP) is 2.23. The van der Waals surface area contributed by atoms with E-state index >= 15 is 0 Å². The van der Waals surface area contributed by atoms with Gasteiger partial charge < -0.3 is 0 Å². The molecule has 2 aliphatic rings. The second-order valence-corrected chi connectivity index (χ2v) is 5.18. The fourth-order valence-electron chi connectivity index (χ4n) is 2.82. The van der Waals surface area contributed by atoms with Crippen molar-refractivity contribution < 1.29 is 4.79 Å². The lowest BCUT2D eigenvalue weighted by Crippen LogP contribution is -2.48. The van der Waals surface area contributed by atoms with Gasteiger partial charge in [0.15, 0.2) is 0 Å². The predicted molar refractivity (Wildman–Crippen MR) is 57.2 cm³/mol. The largest absolute Gasteiger partial charge is 0.298 e. The molecule has 0 amide bonds. The Balaban J connectivity index is 1.86. The first-order valence-electron chi connectivity index (χ1n) is 5.88. The van der Waals surface area contributed by atoms with E-state index in [-0.39, 0.29) is 6.04 Å². The zero-order valence-electron chi connectivity index (χ0n) is 9.38. The topological polar surface area (TPSA) is 20.3 Å². The summed E-state index contributed by atoms with van der Waals surface area (Å²) in [6.45, 7) is 6.03. The van der Waals surface area contributed by atoms with Crippen molar-refractivity contribution in [3.05, 3.63) is 0 Å². The summed E-state index contributed by atoms with van der Waals surface area (Å²) < 4.78 is 0. The number of Topliss-reactive ketones (excluding diaryl/α,β-unsaturated/α-hetero) is 1. The van der Waals surface area contributed by atoms with Gasteiger partial charge in [0.05, 0.1) is 6.04 Å². The zero-order valence-corrected chi connectivity index (χ0v) is 9.38. The molecule has 2 nitrogen and oxygen atoms in total. The lowest BCUT2D eigenvalue weighted by molar-refractivity contribution is -0.123. The Kier molecular flexibility index (Phi) is 2.65. The van der Waals surface area contributed by atoms with Crippen molar-refractivity contribution >= 4 is 5.78 Å². The van der Waals surface area contributed by atoms with Crippen LogP contribution in [0.3, 0.4) is 0 Å². The van der Waals surface area contributed by atoms with Gasteiger partial charge >= 0.3 is 0 Å². The monoisotopic (exact) mass is 195 g/mol. The Morgan fingerprint density at radius 2 is 1.79 bits per heavy atom. The maximum absolute atomic E-state index is 11.2. The summed E-state index contributed by atoms with van der Waals surface area (Å²) in [5, 5.41) is 0. The number of hydrogen-bond donors (Lipinski definition) is 0. The molecule has 1 unspecified atom stereocenters. The van der Waals surface area contributed by atoms with Gasteiger partial charge in [0.1, 0.15) is 5.78 Å². The molecule has 2 heteroatoms. The molecule has 80 valence electrons. The average Bonchev–Trinajstić information content (AvgIpc) is 2.14. The molecule has 1 heterocycles. The van der Waals surface area contributed by atoms with Gasteiger partial charge in [-0.25, -0.2) is 0 Å². The van der Waals surface area contributed by atoms with E-state index in [4.69, 9.17) is 0 Å². The first-order chi connectivity index (χ1) is 6.63. The van der Waals surface area contributed by atoms with E-state index in [2.05, 4.69) is 4.90 Å². The molecule has 1 saturated carbocycles. The number of ketones is 1. The van der Waals surface area contributed by atoms with Crippen molar-refractivity contribution in [3.63, 3.8) is 0 Å². The third-order valence-corrected chi connectivity index (χ3v) is 4.41. The number of hydrogen-bond acceptors (Lipinski definition) is 2. The normalized spacial score (nSPS) is 28.4. The van der Waals surface area contributed by atoms with Gasteiger partial charge in [-0.3, -0.25) is 9.69 Å². The third kappa shape index (κ3) is 1.72. The quantitative estimate of drug-likeness (QED) is 0.673. The highest BCUT2D eigenvalue weighted by atomic mass is 16.1. The second-order valence-electron chi connectivity index (χ2n) is 5.18. The van der Waals surface area contributed by atoms with Crippen LogP contribution in [0.5, 0.6) is 0 Å². The molecule has 0 aromatic heterocycles. The molecule has 0 aromatic carbocycles. The average molecular weight is 195 g/mol. The van der Waals surface area contributed by atoms with E-state index in [1.165, 1.54) is 32.1 Å². The van der Waals surface area contributed by atoms with Crippen molar-refractivity contribution in [2.45, 2.75) is 52.0 Å². The SMILES string of the molecule is CC(=O)C(C)N1CCC2(CCC2)CC1. The van der Waals surface area contributed by atoms with Crippen LogP contribution in [0.25, 0.3) is 0 Å². The van der Waals surface area contributed by atoms with Crippen molar-refractivity contribution in [1.29, 1.82) is 0 Å². The van der Waals surface area contributed by atoms with E-state index in [0.29, 0.717) is 11.2 Å². The van der Waals surface area contributed by atoms with E-state index in [1.807, 2.05) is 6.92 Å². The Morgan fingerprint density at radius 1 is 1.21 bits per heavy atom. The maximum atomic E-state index is 11.2. The molecule has 2 fully saturated rings. The molecule has 1 saturated heterocycles. The van der Waals surface area contributed by atoms with Gasteiger partial charge in [0, 0.05) is 0 Å². The number of carbonyl (C=O) groups is 1. The summed E-state index contributed by atoms with van der Waals surface area (Å²) in [5.41, 5.74) is 0.701.